The molecule has 1 aromatic rings. The van der Waals surface area contributed by atoms with Gasteiger partial charge in [-0.1, -0.05) is 13.8 Å². The first-order valence-electron chi connectivity index (χ1n) is 5.25. The molecule has 0 radical (unpaired) electrons. The molecular formula is C12H16F2N2S. The molecule has 0 aromatic heterocycles. The largest absolute Gasteiger partial charge is 0.387 e. The molecule has 0 bridgehead atoms. The molecular weight excluding hydrogens is 242 g/mol. The minimum atomic E-state index is -0.573. The molecule has 0 atom stereocenters. The van der Waals surface area contributed by atoms with Gasteiger partial charge >= 0.3 is 0 Å². The standard InChI is InChI=1S/C12H16F2N2S/c1-12(2,11(15)16)5-6-17-10-4-3-8(13)7-9(10)14/h3-4,7H,5-6H2,1-2H3,(H3,15,16). The highest BCUT2D eigenvalue weighted by molar-refractivity contribution is 7.99. The van der Waals surface area contributed by atoms with E-state index in [4.69, 9.17) is 11.1 Å². The number of nitrogens with one attached hydrogen (secondary N) is 1. The van der Waals surface area contributed by atoms with E-state index in [1.54, 1.807) is 0 Å². The monoisotopic (exact) mass is 258 g/mol. The fourth-order valence-corrected chi connectivity index (χ4v) is 2.34. The summed E-state index contributed by atoms with van der Waals surface area (Å²) in [6.07, 6.45) is 0.670. The topological polar surface area (TPSA) is 49.9 Å². The lowest BCUT2D eigenvalue weighted by Crippen LogP contribution is -2.31. The van der Waals surface area contributed by atoms with Crippen LogP contribution in [0.2, 0.25) is 0 Å². The average molecular weight is 258 g/mol. The molecule has 94 valence electrons. The van der Waals surface area contributed by atoms with E-state index in [0.29, 0.717) is 17.1 Å². The van der Waals surface area contributed by atoms with E-state index in [1.165, 1.54) is 23.9 Å². The summed E-state index contributed by atoms with van der Waals surface area (Å²) in [7, 11) is 0. The second kappa shape index (κ2) is 5.49. The molecule has 17 heavy (non-hydrogen) atoms. The van der Waals surface area contributed by atoms with Crippen LogP contribution in [-0.4, -0.2) is 11.6 Å². The Balaban J connectivity index is 2.54. The Hall–Kier alpha value is -1.10. The van der Waals surface area contributed by atoms with Gasteiger partial charge in [-0.2, -0.15) is 0 Å². The molecule has 3 N–H and O–H groups in total. The Morgan fingerprint density at radius 3 is 2.59 bits per heavy atom. The maximum atomic E-state index is 13.3. The third kappa shape index (κ3) is 4.00. The van der Waals surface area contributed by atoms with Crippen molar-refractivity contribution in [2.75, 3.05) is 5.75 Å². The van der Waals surface area contributed by atoms with Crippen LogP contribution in [0, 0.1) is 22.5 Å². The Morgan fingerprint density at radius 2 is 2.06 bits per heavy atom. The van der Waals surface area contributed by atoms with Crippen LogP contribution in [-0.2, 0) is 0 Å². The maximum absolute atomic E-state index is 13.3. The smallest absolute Gasteiger partial charge is 0.139 e. The van der Waals surface area contributed by atoms with Gasteiger partial charge in [0.1, 0.15) is 11.6 Å². The van der Waals surface area contributed by atoms with Crippen molar-refractivity contribution < 1.29 is 8.78 Å². The van der Waals surface area contributed by atoms with Crippen molar-refractivity contribution in [3.05, 3.63) is 29.8 Å². The van der Waals surface area contributed by atoms with Crippen LogP contribution >= 0.6 is 11.8 Å². The summed E-state index contributed by atoms with van der Waals surface area (Å²) >= 11 is 1.31. The van der Waals surface area contributed by atoms with Crippen LogP contribution in [0.4, 0.5) is 8.78 Å². The predicted molar refractivity (Wildman–Crippen MR) is 67.4 cm³/mol. The third-order valence-electron chi connectivity index (χ3n) is 2.61. The van der Waals surface area contributed by atoms with Crippen molar-refractivity contribution in [1.82, 2.24) is 0 Å². The quantitative estimate of drug-likeness (QED) is 0.483. The summed E-state index contributed by atoms with van der Waals surface area (Å²) in [5.41, 5.74) is 5.06. The zero-order chi connectivity index (χ0) is 13.1. The third-order valence-corrected chi connectivity index (χ3v) is 3.66. The van der Waals surface area contributed by atoms with Crippen molar-refractivity contribution in [3.8, 4) is 0 Å². The zero-order valence-corrected chi connectivity index (χ0v) is 10.7. The highest BCUT2D eigenvalue weighted by Gasteiger charge is 2.21. The molecule has 1 aromatic carbocycles. The lowest BCUT2D eigenvalue weighted by molar-refractivity contribution is 0.499. The number of benzene rings is 1. The van der Waals surface area contributed by atoms with E-state index < -0.39 is 11.6 Å². The number of rotatable bonds is 5. The van der Waals surface area contributed by atoms with E-state index in [-0.39, 0.29) is 11.3 Å². The van der Waals surface area contributed by atoms with Crippen molar-refractivity contribution in [1.29, 1.82) is 5.41 Å². The molecule has 0 unspecified atom stereocenters. The summed E-state index contributed by atoms with van der Waals surface area (Å²) in [6, 6.07) is 3.54. The van der Waals surface area contributed by atoms with Crippen molar-refractivity contribution in [3.63, 3.8) is 0 Å². The highest BCUT2D eigenvalue weighted by Crippen LogP contribution is 2.28. The van der Waals surface area contributed by atoms with Crippen molar-refractivity contribution >= 4 is 17.6 Å². The maximum Gasteiger partial charge on any atom is 0.139 e. The van der Waals surface area contributed by atoms with Crippen LogP contribution in [0.3, 0.4) is 0 Å². The first kappa shape index (κ1) is 14.0. The van der Waals surface area contributed by atoms with Gasteiger partial charge in [0.25, 0.3) is 0 Å². The first-order chi connectivity index (χ1) is 7.83. The lowest BCUT2D eigenvalue weighted by atomic mass is 9.89. The molecule has 0 amide bonds. The molecule has 0 heterocycles. The van der Waals surface area contributed by atoms with Gasteiger partial charge in [-0.25, -0.2) is 8.78 Å². The van der Waals surface area contributed by atoms with Gasteiger partial charge in [-0.05, 0) is 24.3 Å². The zero-order valence-electron chi connectivity index (χ0n) is 9.89. The molecule has 0 spiro atoms. The fraction of sp³-hybridized carbons (Fsp3) is 0.417. The minimum absolute atomic E-state index is 0.123. The van der Waals surface area contributed by atoms with E-state index in [1.807, 2.05) is 13.8 Å². The van der Waals surface area contributed by atoms with E-state index in [0.717, 1.165) is 6.07 Å². The molecule has 0 fully saturated rings. The molecule has 0 aliphatic carbocycles. The second-order valence-corrected chi connectivity index (χ2v) is 5.61. The SMILES string of the molecule is CC(C)(CCSc1ccc(F)cc1F)C(=N)N. The van der Waals surface area contributed by atoms with Crippen LogP contribution in [0.1, 0.15) is 20.3 Å². The molecule has 0 saturated carbocycles. The molecule has 2 nitrogen and oxygen atoms in total. The van der Waals surface area contributed by atoms with Crippen LogP contribution in [0.15, 0.2) is 23.1 Å². The van der Waals surface area contributed by atoms with Gasteiger partial charge in [-0.3, -0.25) is 5.41 Å². The Kier molecular flexibility index (Phi) is 4.51. The van der Waals surface area contributed by atoms with E-state index in [9.17, 15) is 8.78 Å². The number of amidine groups is 1. The Morgan fingerprint density at radius 1 is 1.41 bits per heavy atom. The number of hydrogen-bond donors (Lipinski definition) is 2. The number of thioether (sulfide) groups is 1. The molecule has 1 rings (SSSR count). The van der Waals surface area contributed by atoms with E-state index in [2.05, 4.69) is 0 Å². The molecule has 0 saturated heterocycles. The van der Waals surface area contributed by atoms with Crippen LogP contribution in [0.5, 0.6) is 0 Å². The second-order valence-electron chi connectivity index (χ2n) is 4.47. The highest BCUT2D eigenvalue weighted by atomic mass is 32.2. The van der Waals surface area contributed by atoms with E-state index >= 15 is 0 Å². The number of hydrogen-bond acceptors (Lipinski definition) is 2. The molecule has 5 heteroatoms. The lowest BCUT2D eigenvalue weighted by Gasteiger charge is -2.22. The van der Waals surface area contributed by atoms with Crippen LogP contribution < -0.4 is 5.73 Å². The average Bonchev–Trinajstić information content (AvgIpc) is 2.21. The number of nitrogens with two attached hydrogens (primary N) is 1. The summed E-state index contributed by atoms with van der Waals surface area (Å²) in [6.45, 7) is 3.74. The van der Waals surface area contributed by atoms with Gasteiger partial charge < -0.3 is 5.73 Å². The Bertz CT molecular complexity index is 419. The van der Waals surface area contributed by atoms with Gasteiger partial charge in [0.2, 0.25) is 0 Å². The van der Waals surface area contributed by atoms with Gasteiger partial charge in [0.05, 0.1) is 5.84 Å². The normalized spacial score (nSPS) is 11.5. The van der Waals surface area contributed by atoms with Crippen LogP contribution in [0.25, 0.3) is 0 Å². The van der Waals surface area contributed by atoms with Crippen molar-refractivity contribution in [2.45, 2.75) is 25.2 Å². The van der Waals surface area contributed by atoms with Gasteiger partial charge in [0.15, 0.2) is 0 Å². The first-order valence-corrected chi connectivity index (χ1v) is 6.24. The summed E-state index contributed by atoms with van der Waals surface area (Å²) < 4.78 is 26.0. The summed E-state index contributed by atoms with van der Waals surface area (Å²) in [5, 5.41) is 7.40. The van der Waals surface area contributed by atoms with Gasteiger partial charge in [-0.15, -0.1) is 11.8 Å². The molecule has 0 aliphatic heterocycles. The number of halogens is 2. The minimum Gasteiger partial charge on any atom is -0.387 e. The summed E-state index contributed by atoms with van der Waals surface area (Å²) in [4.78, 5) is 0.422. The predicted octanol–water partition coefficient (Wildman–Crippen LogP) is 3.41. The molecule has 0 aliphatic rings. The fourth-order valence-electron chi connectivity index (χ4n) is 1.14. The summed E-state index contributed by atoms with van der Waals surface area (Å²) in [5.74, 6) is -0.362. The Labute approximate surface area is 104 Å². The van der Waals surface area contributed by atoms with Crippen molar-refractivity contribution in [2.24, 2.45) is 11.1 Å². The van der Waals surface area contributed by atoms with Gasteiger partial charge in [0, 0.05) is 16.4 Å².